The van der Waals surface area contributed by atoms with Crippen molar-refractivity contribution in [2.45, 2.75) is 26.4 Å². The zero-order chi connectivity index (χ0) is 23.5. The van der Waals surface area contributed by atoms with Crippen LogP contribution >= 0.6 is 0 Å². The van der Waals surface area contributed by atoms with Crippen molar-refractivity contribution in [3.05, 3.63) is 66.5 Å². The van der Waals surface area contributed by atoms with Gasteiger partial charge in [-0.05, 0) is 31.2 Å². The molecule has 0 spiro atoms. The van der Waals surface area contributed by atoms with E-state index in [4.69, 9.17) is 4.42 Å². The first-order chi connectivity index (χ1) is 16.6. The summed E-state index contributed by atoms with van der Waals surface area (Å²) in [6.45, 7) is 3.71. The number of furan rings is 1. The molecule has 34 heavy (non-hydrogen) atoms. The molecule has 1 fully saturated rings. The lowest BCUT2D eigenvalue weighted by Crippen LogP contribution is -2.35. The van der Waals surface area contributed by atoms with Gasteiger partial charge in [-0.3, -0.25) is 9.59 Å². The third kappa shape index (κ3) is 4.47. The Bertz CT molecular complexity index is 1300. The van der Waals surface area contributed by atoms with Gasteiger partial charge in [0.05, 0.1) is 36.9 Å². The van der Waals surface area contributed by atoms with E-state index in [-0.39, 0.29) is 24.2 Å². The molecule has 3 aromatic heterocycles. The summed E-state index contributed by atoms with van der Waals surface area (Å²) < 4.78 is 7.07. The molecule has 4 aromatic rings. The topological polar surface area (TPSA) is 118 Å². The smallest absolute Gasteiger partial charge is 0.227 e. The molecule has 1 aliphatic rings. The van der Waals surface area contributed by atoms with Crippen LogP contribution in [0.2, 0.25) is 0 Å². The van der Waals surface area contributed by atoms with Crippen LogP contribution in [0, 0.1) is 12.8 Å². The van der Waals surface area contributed by atoms with Crippen LogP contribution in [0.5, 0.6) is 0 Å². The number of nitrogens with zero attached hydrogens (tertiary/aromatic N) is 5. The summed E-state index contributed by atoms with van der Waals surface area (Å²) >= 11 is 0. The SMILES string of the molecule is Cc1ccc(N2CC(C(=O)NCCn3ncc4c(NCc5ccco5)ncnc43)CC2=O)cc1. The summed E-state index contributed by atoms with van der Waals surface area (Å²) in [6, 6.07) is 11.5. The molecule has 1 saturated heterocycles. The van der Waals surface area contributed by atoms with E-state index in [0.29, 0.717) is 37.6 Å². The molecule has 4 heterocycles. The van der Waals surface area contributed by atoms with Crippen LogP contribution in [0.25, 0.3) is 11.0 Å². The lowest BCUT2D eigenvalue weighted by atomic mass is 10.1. The fourth-order valence-electron chi connectivity index (χ4n) is 4.07. The molecule has 2 amide bonds. The zero-order valence-corrected chi connectivity index (χ0v) is 18.8. The van der Waals surface area contributed by atoms with Gasteiger partial charge in [-0.2, -0.15) is 5.10 Å². The molecule has 0 aliphatic carbocycles. The Morgan fingerprint density at radius 3 is 2.85 bits per heavy atom. The minimum Gasteiger partial charge on any atom is -0.467 e. The fourth-order valence-corrected chi connectivity index (χ4v) is 4.07. The molecule has 5 rings (SSSR count). The number of nitrogens with one attached hydrogen (secondary N) is 2. The van der Waals surface area contributed by atoms with Crippen molar-refractivity contribution in [1.29, 1.82) is 0 Å². The Morgan fingerprint density at radius 2 is 2.06 bits per heavy atom. The van der Waals surface area contributed by atoms with Crippen LogP contribution < -0.4 is 15.5 Å². The van der Waals surface area contributed by atoms with Gasteiger partial charge < -0.3 is 20.0 Å². The van der Waals surface area contributed by atoms with Gasteiger partial charge in [-0.25, -0.2) is 14.6 Å². The molecule has 0 saturated carbocycles. The van der Waals surface area contributed by atoms with E-state index in [1.54, 1.807) is 22.0 Å². The van der Waals surface area contributed by atoms with Gasteiger partial charge >= 0.3 is 0 Å². The highest BCUT2D eigenvalue weighted by molar-refractivity contribution is 6.00. The van der Waals surface area contributed by atoms with E-state index in [1.807, 2.05) is 43.3 Å². The Balaban J connectivity index is 1.17. The van der Waals surface area contributed by atoms with Crippen LogP contribution in [0.4, 0.5) is 11.5 Å². The number of carbonyl (C=O) groups is 2. The lowest BCUT2D eigenvalue weighted by molar-refractivity contribution is -0.126. The number of hydrogen-bond acceptors (Lipinski definition) is 7. The van der Waals surface area contributed by atoms with Crippen molar-refractivity contribution in [3.8, 4) is 0 Å². The third-order valence-corrected chi connectivity index (χ3v) is 5.91. The molecule has 174 valence electrons. The predicted octanol–water partition coefficient (Wildman–Crippen LogP) is 2.51. The molecular formula is C24H25N7O3. The Morgan fingerprint density at radius 1 is 1.21 bits per heavy atom. The van der Waals surface area contributed by atoms with Gasteiger partial charge in [0, 0.05) is 25.2 Å². The van der Waals surface area contributed by atoms with E-state index in [1.165, 1.54) is 6.33 Å². The second-order valence-electron chi connectivity index (χ2n) is 8.29. The third-order valence-electron chi connectivity index (χ3n) is 5.91. The minimum absolute atomic E-state index is 0.0339. The van der Waals surface area contributed by atoms with Crippen molar-refractivity contribution in [2.24, 2.45) is 5.92 Å². The standard InChI is InChI=1S/C24H25N7O3/c1-16-4-6-18(7-5-16)30-14-17(11-21(30)32)24(33)25-8-9-31-23-20(13-29-31)22(27-15-28-23)26-12-19-3-2-10-34-19/h2-7,10,13,15,17H,8-9,11-12,14H2,1H3,(H,25,33)(H,26,27,28). The van der Waals surface area contributed by atoms with Crippen LogP contribution in [-0.4, -0.2) is 44.7 Å². The van der Waals surface area contributed by atoms with Crippen LogP contribution in [-0.2, 0) is 22.7 Å². The highest BCUT2D eigenvalue weighted by Gasteiger charge is 2.34. The maximum atomic E-state index is 12.7. The second-order valence-corrected chi connectivity index (χ2v) is 8.29. The molecule has 10 nitrogen and oxygen atoms in total. The number of amides is 2. The van der Waals surface area contributed by atoms with Crippen molar-refractivity contribution in [3.63, 3.8) is 0 Å². The van der Waals surface area contributed by atoms with Gasteiger partial charge in [0.1, 0.15) is 17.9 Å². The molecule has 1 aromatic carbocycles. The molecule has 0 bridgehead atoms. The van der Waals surface area contributed by atoms with E-state index in [0.717, 1.165) is 22.4 Å². The molecular weight excluding hydrogens is 434 g/mol. The number of benzene rings is 1. The van der Waals surface area contributed by atoms with E-state index < -0.39 is 0 Å². The van der Waals surface area contributed by atoms with Crippen molar-refractivity contribution in [1.82, 2.24) is 25.1 Å². The lowest BCUT2D eigenvalue weighted by Gasteiger charge is -2.17. The summed E-state index contributed by atoms with van der Waals surface area (Å²) in [4.78, 5) is 35.5. The normalized spacial score (nSPS) is 15.7. The predicted molar refractivity (Wildman–Crippen MR) is 126 cm³/mol. The monoisotopic (exact) mass is 459 g/mol. The van der Waals surface area contributed by atoms with E-state index >= 15 is 0 Å². The number of anilines is 2. The number of fused-ring (bicyclic) bond motifs is 1. The second kappa shape index (κ2) is 9.34. The maximum absolute atomic E-state index is 12.7. The molecule has 10 heteroatoms. The summed E-state index contributed by atoms with van der Waals surface area (Å²) in [6.07, 6.45) is 5.02. The minimum atomic E-state index is -0.372. The first-order valence-electron chi connectivity index (χ1n) is 11.2. The highest BCUT2D eigenvalue weighted by Crippen LogP contribution is 2.25. The number of aryl methyl sites for hydroxylation is 1. The average Bonchev–Trinajstić information content (AvgIpc) is 3.59. The van der Waals surface area contributed by atoms with Crippen molar-refractivity contribution in [2.75, 3.05) is 23.3 Å². The molecule has 1 atom stereocenters. The zero-order valence-electron chi connectivity index (χ0n) is 18.8. The van der Waals surface area contributed by atoms with Gasteiger partial charge in [-0.1, -0.05) is 17.7 Å². The van der Waals surface area contributed by atoms with Crippen molar-refractivity contribution >= 4 is 34.4 Å². The Hall–Kier alpha value is -4.21. The van der Waals surface area contributed by atoms with E-state index in [2.05, 4.69) is 25.7 Å². The highest BCUT2D eigenvalue weighted by atomic mass is 16.3. The maximum Gasteiger partial charge on any atom is 0.227 e. The van der Waals surface area contributed by atoms with Gasteiger partial charge in [0.2, 0.25) is 11.8 Å². The summed E-state index contributed by atoms with van der Waals surface area (Å²) in [7, 11) is 0. The summed E-state index contributed by atoms with van der Waals surface area (Å²) in [5.41, 5.74) is 2.62. The quantitative estimate of drug-likeness (QED) is 0.416. The van der Waals surface area contributed by atoms with Crippen LogP contribution in [0.15, 0.2) is 59.6 Å². The first-order valence-corrected chi connectivity index (χ1v) is 11.2. The number of carbonyl (C=O) groups excluding carboxylic acids is 2. The van der Waals surface area contributed by atoms with Crippen LogP contribution in [0.3, 0.4) is 0 Å². The Kier molecular flexibility index (Phi) is 5.94. The molecule has 0 radical (unpaired) electrons. The molecule has 1 aliphatic heterocycles. The largest absolute Gasteiger partial charge is 0.467 e. The summed E-state index contributed by atoms with van der Waals surface area (Å²) in [5, 5.41) is 11.4. The number of hydrogen-bond donors (Lipinski definition) is 2. The molecule has 2 N–H and O–H groups in total. The van der Waals surface area contributed by atoms with E-state index in [9.17, 15) is 9.59 Å². The summed E-state index contributed by atoms with van der Waals surface area (Å²) in [5.74, 6) is 0.927. The van der Waals surface area contributed by atoms with Crippen molar-refractivity contribution < 1.29 is 14.0 Å². The average molecular weight is 460 g/mol. The van der Waals surface area contributed by atoms with Gasteiger partial charge in [-0.15, -0.1) is 0 Å². The number of rotatable bonds is 8. The van der Waals surface area contributed by atoms with Gasteiger partial charge in [0.15, 0.2) is 5.65 Å². The molecule has 1 unspecified atom stereocenters. The first kappa shape index (κ1) is 21.6. The van der Waals surface area contributed by atoms with Gasteiger partial charge in [0.25, 0.3) is 0 Å². The van der Waals surface area contributed by atoms with Crippen LogP contribution in [0.1, 0.15) is 17.7 Å². The fraction of sp³-hybridized carbons (Fsp3) is 0.292. The Labute approximate surface area is 196 Å². The number of aromatic nitrogens is 4.